The minimum Gasteiger partial charge on any atom is -0.342 e. The largest absolute Gasteiger partial charge is 0.342 e. The van der Waals surface area contributed by atoms with Crippen LogP contribution in [0.25, 0.3) is 0 Å². The van der Waals surface area contributed by atoms with Crippen LogP contribution in [-0.2, 0) is 21.4 Å². The van der Waals surface area contributed by atoms with Crippen LogP contribution in [0.3, 0.4) is 0 Å². The van der Waals surface area contributed by atoms with E-state index in [1.807, 2.05) is 13.8 Å². The van der Waals surface area contributed by atoms with Gasteiger partial charge in [0, 0.05) is 19.6 Å². The number of hydrogen-bond donors (Lipinski definition) is 2. The number of rotatable bonds is 7. The Morgan fingerprint density at radius 3 is 2.38 bits per heavy atom. The molecule has 21 heavy (non-hydrogen) atoms. The monoisotopic (exact) mass is 313 g/mol. The lowest BCUT2D eigenvalue weighted by molar-refractivity contribution is -0.129. The predicted octanol–water partition coefficient (Wildman–Crippen LogP) is 0.600. The molecule has 0 heterocycles. The molecule has 118 valence electrons. The van der Waals surface area contributed by atoms with Crippen LogP contribution in [0.4, 0.5) is 0 Å². The summed E-state index contributed by atoms with van der Waals surface area (Å²) in [6.07, 6.45) is 0. The molecule has 0 radical (unpaired) electrons. The summed E-state index contributed by atoms with van der Waals surface area (Å²) in [5.41, 5.74) is 7.00. The number of aryl methyl sites for hydroxylation is 1. The first-order chi connectivity index (χ1) is 9.85. The van der Waals surface area contributed by atoms with Gasteiger partial charge < -0.3 is 10.6 Å². The second-order valence-corrected chi connectivity index (χ2v) is 6.43. The number of benzene rings is 1. The van der Waals surface area contributed by atoms with Crippen LogP contribution in [0.1, 0.15) is 25.0 Å². The summed E-state index contributed by atoms with van der Waals surface area (Å²) in [7, 11) is -3.70. The molecule has 6 nitrogen and oxygen atoms in total. The lowest BCUT2D eigenvalue weighted by Gasteiger charge is -2.19. The Hall–Kier alpha value is -1.44. The van der Waals surface area contributed by atoms with Crippen molar-refractivity contribution in [1.82, 2.24) is 9.62 Å². The van der Waals surface area contributed by atoms with Crippen LogP contribution in [-0.4, -0.2) is 38.9 Å². The summed E-state index contributed by atoms with van der Waals surface area (Å²) < 4.78 is 26.8. The molecule has 1 amide bonds. The molecule has 0 aliphatic rings. The van der Waals surface area contributed by atoms with Crippen molar-refractivity contribution in [2.75, 3.05) is 19.6 Å². The van der Waals surface area contributed by atoms with E-state index >= 15 is 0 Å². The molecule has 0 spiro atoms. The molecule has 0 fully saturated rings. The first-order valence-electron chi connectivity index (χ1n) is 6.92. The average molecular weight is 313 g/mol. The van der Waals surface area contributed by atoms with Crippen molar-refractivity contribution >= 4 is 15.9 Å². The number of carbonyl (C=O) groups excluding carboxylic acids is 1. The van der Waals surface area contributed by atoms with Crippen molar-refractivity contribution in [3.8, 4) is 0 Å². The normalized spacial score (nSPS) is 11.4. The van der Waals surface area contributed by atoms with Crippen LogP contribution < -0.4 is 10.5 Å². The third-order valence-electron chi connectivity index (χ3n) is 3.29. The Morgan fingerprint density at radius 2 is 1.90 bits per heavy atom. The van der Waals surface area contributed by atoms with Crippen LogP contribution >= 0.6 is 0 Å². The molecule has 1 aromatic rings. The smallest absolute Gasteiger partial charge is 0.241 e. The zero-order chi connectivity index (χ0) is 16.0. The van der Waals surface area contributed by atoms with E-state index in [9.17, 15) is 13.2 Å². The maximum atomic E-state index is 12.2. The maximum absolute atomic E-state index is 12.2. The van der Waals surface area contributed by atoms with Gasteiger partial charge in [-0.2, -0.15) is 0 Å². The second kappa shape index (κ2) is 7.53. The van der Waals surface area contributed by atoms with Gasteiger partial charge in [-0.3, -0.25) is 4.79 Å². The Balaban J connectivity index is 2.85. The Bertz CT molecular complexity index is 595. The van der Waals surface area contributed by atoms with E-state index in [-0.39, 0.29) is 17.3 Å². The summed E-state index contributed by atoms with van der Waals surface area (Å²) in [6, 6.07) is 4.93. The van der Waals surface area contributed by atoms with E-state index in [4.69, 9.17) is 5.73 Å². The molecule has 1 rings (SSSR count). The van der Waals surface area contributed by atoms with Crippen LogP contribution in [0.5, 0.6) is 0 Å². The van der Waals surface area contributed by atoms with Crippen molar-refractivity contribution < 1.29 is 13.2 Å². The lowest BCUT2D eigenvalue weighted by atomic mass is 10.1. The van der Waals surface area contributed by atoms with Gasteiger partial charge >= 0.3 is 0 Å². The van der Waals surface area contributed by atoms with Gasteiger partial charge in [0.2, 0.25) is 15.9 Å². The molecule has 0 bridgehead atoms. The van der Waals surface area contributed by atoms with E-state index < -0.39 is 10.0 Å². The van der Waals surface area contributed by atoms with E-state index in [0.29, 0.717) is 25.2 Å². The number of nitrogens with one attached hydrogen (secondary N) is 1. The fraction of sp³-hybridized carbons (Fsp3) is 0.500. The maximum Gasteiger partial charge on any atom is 0.241 e. The topological polar surface area (TPSA) is 92.5 Å². The van der Waals surface area contributed by atoms with Crippen LogP contribution in [0.15, 0.2) is 23.1 Å². The molecule has 3 N–H and O–H groups in total. The molecular weight excluding hydrogens is 290 g/mol. The van der Waals surface area contributed by atoms with Crippen molar-refractivity contribution in [2.24, 2.45) is 5.73 Å². The van der Waals surface area contributed by atoms with Gasteiger partial charge in [0.25, 0.3) is 0 Å². The number of carbonyl (C=O) groups is 1. The standard InChI is InChI=1S/C14H23N3O3S/c1-4-17(5-2)14(18)10-16-21(19,20)13-7-6-12(9-15)8-11(13)3/h6-8,16H,4-5,9-10,15H2,1-3H3. The molecule has 0 unspecified atom stereocenters. The number of nitrogens with two attached hydrogens (primary N) is 1. The first kappa shape index (κ1) is 17.6. The highest BCUT2D eigenvalue weighted by atomic mass is 32.2. The third kappa shape index (κ3) is 4.52. The zero-order valence-corrected chi connectivity index (χ0v) is 13.5. The average Bonchev–Trinajstić information content (AvgIpc) is 2.46. The molecule has 1 aromatic carbocycles. The third-order valence-corrected chi connectivity index (χ3v) is 4.86. The Morgan fingerprint density at radius 1 is 1.29 bits per heavy atom. The van der Waals surface area contributed by atoms with Crippen LogP contribution in [0, 0.1) is 6.92 Å². The van der Waals surface area contributed by atoms with Gasteiger partial charge in [-0.05, 0) is 38.0 Å². The van der Waals surface area contributed by atoms with Gasteiger partial charge in [-0.15, -0.1) is 0 Å². The molecule has 0 aromatic heterocycles. The van der Waals surface area contributed by atoms with Crippen molar-refractivity contribution in [3.63, 3.8) is 0 Å². The highest BCUT2D eigenvalue weighted by Gasteiger charge is 2.19. The Labute approximate surface area is 126 Å². The van der Waals surface area contributed by atoms with Crippen molar-refractivity contribution in [1.29, 1.82) is 0 Å². The summed E-state index contributed by atoms with van der Waals surface area (Å²) in [5, 5.41) is 0. The zero-order valence-electron chi connectivity index (χ0n) is 12.7. The molecule has 0 saturated carbocycles. The van der Waals surface area contributed by atoms with Gasteiger partial charge in [0.1, 0.15) is 0 Å². The van der Waals surface area contributed by atoms with Crippen LogP contribution in [0.2, 0.25) is 0 Å². The van der Waals surface area contributed by atoms with E-state index in [0.717, 1.165) is 5.56 Å². The SMILES string of the molecule is CCN(CC)C(=O)CNS(=O)(=O)c1ccc(CN)cc1C. The number of likely N-dealkylation sites (N-methyl/N-ethyl adjacent to an activating group) is 1. The minimum absolute atomic E-state index is 0.173. The minimum atomic E-state index is -3.70. The molecule has 0 saturated heterocycles. The van der Waals surface area contributed by atoms with E-state index in [1.54, 1.807) is 24.0 Å². The Kier molecular flexibility index (Phi) is 6.32. The number of nitrogens with zero attached hydrogens (tertiary/aromatic N) is 1. The number of hydrogen-bond acceptors (Lipinski definition) is 4. The predicted molar refractivity (Wildman–Crippen MR) is 82.2 cm³/mol. The van der Waals surface area contributed by atoms with Crippen molar-refractivity contribution in [3.05, 3.63) is 29.3 Å². The molecule has 0 aliphatic heterocycles. The second-order valence-electron chi connectivity index (χ2n) is 4.69. The lowest BCUT2D eigenvalue weighted by Crippen LogP contribution is -2.40. The molecule has 0 atom stereocenters. The fourth-order valence-electron chi connectivity index (χ4n) is 2.06. The van der Waals surface area contributed by atoms with Gasteiger partial charge in [0.15, 0.2) is 0 Å². The number of amides is 1. The molecule has 7 heteroatoms. The summed E-state index contributed by atoms with van der Waals surface area (Å²) >= 11 is 0. The first-order valence-corrected chi connectivity index (χ1v) is 8.41. The van der Waals surface area contributed by atoms with E-state index in [2.05, 4.69) is 4.72 Å². The molecule has 0 aliphatic carbocycles. The molecular formula is C14H23N3O3S. The van der Waals surface area contributed by atoms with E-state index in [1.165, 1.54) is 6.07 Å². The highest BCUT2D eigenvalue weighted by Crippen LogP contribution is 2.16. The van der Waals surface area contributed by atoms with Gasteiger partial charge in [-0.25, -0.2) is 13.1 Å². The fourth-order valence-corrected chi connectivity index (χ4v) is 3.26. The van der Waals surface area contributed by atoms with Gasteiger partial charge in [-0.1, -0.05) is 12.1 Å². The number of sulfonamides is 1. The summed E-state index contributed by atoms with van der Waals surface area (Å²) in [6.45, 7) is 6.65. The highest BCUT2D eigenvalue weighted by molar-refractivity contribution is 7.89. The summed E-state index contributed by atoms with van der Waals surface area (Å²) in [5.74, 6) is -0.236. The summed E-state index contributed by atoms with van der Waals surface area (Å²) in [4.78, 5) is 13.6. The quantitative estimate of drug-likeness (QED) is 0.771. The van der Waals surface area contributed by atoms with Gasteiger partial charge in [0.05, 0.1) is 11.4 Å². The van der Waals surface area contributed by atoms with Crippen molar-refractivity contribution in [2.45, 2.75) is 32.2 Å².